The van der Waals surface area contributed by atoms with Crippen molar-refractivity contribution in [2.24, 2.45) is 5.41 Å². The van der Waals surface area contributed by atoms with E-state index < -0.39 is 0 Å². The van der Waals surface area contributed by atoms with E-state index in [1.165, 1.54) is 6.33 Å². The molecule has 0 aromatic carbocycles. The summed E-state index contributed by atoms with van der Waals surface area (Å²) in [5, 5.41) is 12.0. The molecule has 7 nitrogen and oxygen atoms in total. The molecule has 1 aliphatic carbocycles. The Morgan fingerprint density at radius 1 is 1.35 bits per heavy atom. The van der Waals surface area contributed by atoms with Gasteiger partial charge in [-0.1, -0.05) is 13.8 Å². The summed E-state index contributed by atoms with van der Waals surface area (Å²) in [5.74, 6) is 0.864. The number of nitrogens with one attached hydrogen (secondary N) is 1. The molecule has 2 aromatic heterocycles. The first-order valence-corrected chi connectivity index (χ1v) is 7.93. The third-order valence-corrected chi connectivity index (χ3v) is 4.57. The standard InChI is InChI=1S/C16H20N6O/c1-4-21-8-10(7-18-21)14-13-11(5-16(2,3)6-12(13)23)20-15-17-9-19-22(14)15/h7-9,14H,4-6H2,1-3H3,(H,17,19,20)/t14-/m0/s1. The van der Waals surface area contributed by atoms with Gasteiger partial charge in [0.05, 0.1) is 6.20 Å². The van der Waals surface area contributed by atoms with Gasteiger partial charge in [0.15, 0.2) is 5.78 Å². The van der Waals surface area contributed by atoms with Crippen LogP contribution in [0.15, 0.2) is 30.0 Å². The zero-order valence-corrected chi connectivity index (χ0v) is 13.6. The van der Waals surface area contributed by atoms with E-state index in [-0.39, 0.29) is 17.2 Å². The van der Waals surface area contributed by atoms with Crippen molar-refractivity contribution in [1.29, 1.82) is 0 Å². The third-order valence-electron chi connectivity index (χ3n) is 4.57. The Labute approximate surface area is 134 Å². The van der Waals surface area contributed by atoms with E-state index in [2.05, 4.69) is 34.3 Å². The molecule has 2 aromatic rings. The Kier molecular flexibility index (Phi) is 2.94. The van der Waals surface area contributed by atoms with Crippen molar-refractivity contribution < 1.29 is 4.79 Å². The SMILES string of the molecule is CCn1cc([C@H]2C3=C(CC(C)(C)CC3=O)Nc3ncnn32)cn1. The van der Waals surface area contributed by atoms with Crippen LogP contribution < -0.4 is 5.32 Å². The van der Waals surface area contributed by atoms with E-state index in [0.29, 0.717) is 12.4 Å². The number of carbonyl (C=O) groups is 1. The van der Waals surface area contributed by atoms with Crippen molar-refractivity contribution in [3.8, 4) is 0 Å². The fraction of sp³-hybridized carbons (Fsp3) is 0.500. The quantitative estimate of drug-likeness (QED) is 0.919. The van der Waals surface area contributed by atoms with Crippen LogP contribution >= 0.6 is 0 Å². The molecule has 0 saturated carbocycles. The van der Waals surface area contributed by atoms with Gasteiger partial charge in [0.25, 0.3) is 0 Å². The summed E-state index contributed by atoms with van der Waals surface area (Å²) < 4.78 is 3.65. The number of fused-ring (bicyclic) bond motifs is 1. The highest BCUT2D eigenvalue weighted by Crippen LogP contribution is 2.44. The van der Waals surface area contributed by atoms with E-state index >= 15 is 0 Å². The minimum absolute atomic E-state index is 0.0384. The van der Waals surface area contributed by atoms with Gasteiger partial charge in [0, 0.05) is 36.0 Å². The molecule has 1 aliphatic heterocycles. The molecule has 0 bridgehead atoms. The van der Waals surface area contributed by atoms with Gasteiger partial charge in [0.2, 0.25) is 5.95 Å². The molecule has 23 heavy (non-hydrogen) atoms. The Hall–Kier alpha value is -2.44. The van der Waals surface area contributed by atoms with Crippen molar-refractivity contribution >= 4 is 11.7 Å². The van der Waals surface area contributed by atoms with E-state index in [9.17, 15) is 4.79 Å². The summed E-state index contributed by atoms with van der Waals surface area (Å²) in [4.78, 5) is 17.1. The highest BCUT2D eigenvalue weighted by molar-refractivity contribution is 6.00. The first-order valence-electron chi connectivity index (χ1n) is 7.93. The smallest absolute Gasteiger partial charge is 0.226 e. The molecule has 0 amide bonds. The number of aromatic nitrogens is 5. The van der Waals surface area contributed by atoms with Gasteiger partial charge < -0.3 is 5.32 Å². The van der Waals surface area contributed by atoms with Gasteiger partial charge in [-0.05, 0) is 18.8 Å². The largest absolute Gasteiger partial charge is 0.328 e. The normalized spacial score (nSPS) is 22.6. The van der Waals surface area contributed by atoms with Crippen molar-refractivity contribution in [2.75, 3.05) is 5.32 Å². The number of Topliss-reactive ketones (excluding diaryl/α,β-unsaturated/α-hetero) is 1. The molecule has 0 radical (unpaired) electrons. The molecule has 120 valence electrons. The molecule has 1 atom stereocenters. The van der Waals surface area contributed by atoms with Gasteiger partial charge in [-0.25, -0.2) is 4.68 Å². The second-order valence-corrected chi connectivity index (χ2v) is 7.02. The zero-order chi connectivity index (χ0) is 16.2. The third kappa shape index (κ3) is 2.18. The monoisotopic (exact) mass is 312 g/mol. The first-order chi connectivity index (χ1) is 11.0. The number of aryl methyl sites for hydroxylation is 1. The number of ketones is 1. The maximum absolute atomic E-state index is 12.8. The van der Waals surface area contributed by atoms with Gasteiger partial charge in [0.1, 0.15) is 12.4 Å². The summed E-state index contributed by atoms with van der Waals surface area (Å²) in [5.41, 5.74) is 2.71. The molecule has 0 fully saturated rings. The molecule has 1 N–H and O–H groups in total. The Morgan fingerprint density at radius 3 is 2.91 bits per heavy atom. The fourth-order valence-corrected chi connectivity index (χ4v) is 3.55. The minimum Gasteiger partial charge on any atom is -0.328 e. The second-order valence-electron chi connectivity index (χ2n) is 7.02. The summed E-state index contributed by atoms with van der Waals surface area (Å²) in [6, 6.07) is -0.243. The number of hydrogen-bond acceptors (Lipinski definition) is 5. The molecule has 0 unspecified atom stereocenters. The van der Waals surface area contributed by atoms with Gasteiger partial charge in [-0.3, -0.25) is 9.48 Å². The van der Waals surface area contributed by atoms with Crippen LogP contribution in [0.5, 0.6) is 0 Å². The fourth-order valence-electron chi connectivity index (χ4n) is 3.55. The lowest BCUT2D eigenvalue weighted by molar-refractivity contribution is -0.118. The minimum atomic E-state index is -0.243. The molecule has 0 saturated heterocycles. The van der Waals surface area contributed by atoms with Gasteiger partial charge >= 0.3 is 0 Å². The van der Waals surface area contributed by atoms with E-state index in [0.717, 1.165) is 29.8 Å². The van der Waals surface area contributed by atoms with E-state index in [1.54, 1.807) is 4.68 Å². The van der Waals surface area contributed by atoms with Crippen LogP contribution in [-0.2, 0) is 11.3 Å². The predicted molar refractivity (Wildman–Crippen MR) is 84.7 cm³/mol. The van der Waals surface area contributed by atoms with Crippen molar-refractivity contribution in [3.63, 3.8) is 0 Å². The van der Waals surface area contributed by atoms with Crippen LogP contribution in [0.4, 0.5) is 5.95 Å². The van der Waals surface area contributed by atoms with Crippen molar-refractivity contribution in [2.45, 2.75) is 46.2 Å². The average molecular weight is 312 g/mol. The lowest BCUT2D eigenvalue weighted by atomic mass is 9.73. The Bertz CT molecular complexity index is 812. The lowest BCUT2D eigenvalue weighted by Gasteiger charge is -2.37. The highest BCUT2D eigenvalue weighted by atomic mass is 16.1. The molecule has 0 spiro atoms. The molecule has 3 heterocycles. The maximum Gasteiger partial charge on any atom is 0.226 e. The summed E-state index contributed by atoms with van der Waals surface area (Å²) >= 11 is 0. The van der Waals surface area contributed by atoms with Crippen molar-refractivity contribution in [1.82, 2.24) is 24.5 Å². The number of allylic oxidation sites excluding steroid dienone is 2. The lowest BCUT2D eigenvalue weighted by Crippen LogP contribution is -2.36. The number of nitrogens with zero attached hydrogens (tertiary/aromatic N) is 5. The molecular formula is C16H20N6O. The molecule has 4 rings (SSSR count). The van der Waals surface area contributed by atoms with Crippen molar-refractivity contribution in [3.05, 3.63) is 35.6 Å². The van der Waals surface area contributed by atoms with E-state index in [1.807, 2.05) is 24.0 Å². The summed E-state index contributed by atoms with van der Waals surface area (Å²) in [6.45, 7) is 7.08. The van der Waals surface area contributed by atoms with Crippen LogP contribution in [0.25, 0.3) is 0 Å². The van der Waals surface area contributed by atoms with E-state index in [4.69, 9.17) is 0 Å². The first kappa shape index (κ1) is 14.2. The zero-order valence-electron chi connectivity index (χ0n) is 13.6. The maximum atomic E-state index is 12.8. The highest BCUT2D eigenvalue weighted by Gasteiger charge is 2.41. The predicted octanol–water partition coefficient (Wildman–Crippen LogP) is 2.15. The van der Waals surface area contributed by atoms with Gasteiger partial charge in [-0.2, -0.15) is 15.2 Å². The van der Waals surface area contributed by atoms with Crippen LogP contribution in [0.1, 0.15) is 45.2 Å². The van der Waals surface area contributed by atoms with Gasteiger partial charge in [-0.15, -0.1) is 0 Å². The number of carbonyl (C=O) groups excluding carboxylic acids is 1. The van der Waals surface area contributed by atoms with Crippen LogP contribution in [0.2, 0.25) is 0 Å². The average Bonchev–Trinajstić information content (AvgIpc) is 3.12. The molecular weight excluding hydrogens is 292 g/mol. The number of anilines is 1. The molecule has 2 aliphatic rings. The second kappa shape index (κ2) is 4.78. The topological polar surface area (TPSA) is 77.6 Å². The molecule has 7 heteroatoms. The Morgan fingerprint density at radius 2 is 2.17 bits per heavy atom. The number of hydrogen-bond donors (Lipinski definition) is 1. The summed E-state index contributed by atoms with van der Waals surface area (Å²) in [6.07, 6.45) is 6.71. The van der Waals surface area contributed by atoms with Crippen LogP contribution in [0, 0.1) is 5.41 Å². The van der Waals surface area contributed by atoms with Crippen LogP contribution in [-0.4, -0.2) is 30.3 Å². The van der Waals surface area contributed by atoms with Crippen LogP contribution in [0.3, 0.4) is 0 Å². The number of rotatable bonds is 2. The Balaban J connectivity index is 1.88. The summed E-state index contributed by atoms with van der Waals surface area (Å²) in [7, 11) is 0.